The quantitative estimate of drug-likeness (QED) is 0.600. The van der Waals surface area contributed by atoms with Crippen LogP contribution in [0.15, 0.2) is 24.4 Å². The van der Waals surface area contributed by atoms with Gasteiger partial charge in [-0.25, -0.2) is 4.68 Å². The van der Waals surface area contributed by atoms with Crippen molar-refractivity contribution >= 4 is 17.3 Å². The fourth-order valence-electron chi connectivity index (χ4n) is 1.25. The number of hydrogen-bond donors (Lipinski definition) is 0. The Bertz CT molecular complexity index is 507. The summed E-state index contributed by atoms with van der Waals surface area (Å²) in [4.78, 5) is 10.5. The van der Waals surface area contributed by atoms with E-state index in [-0.39, 0.29) is 0 Å². The first-order chi connectivity index (χ1) is 6.36. The highest BCUT2D eigenvalue weighted by molar-refractivity contribution is 5.88. The van der Waals surface area contributed by atoms with E-state index in [9.17, 15) is 4.79 Å². The first kappa shape index (κ1) is 7.50. The van der Waals surface area contributed by atoms with Gasteiger partial charge in [-0.1, -0.05) is 6.07 Å². The Morgan fingerprint density at radius 2 is 2.38 bits per heavy atom. The molecule has 0 saturated carbocycles. The predicted molar refractivity (Wildman–Crippen MR) is 46.6 cm³/mol. The summed E-state index contributed by atoms with van der Waals surface area (Å²) in [5.41, 5.74) is 1.19. The van der Waals surface area contributed by atoms with Crippen molar-refractivity contribution in [1.29, 1.82) is 5.26 Å². The minimum Gasteiger partial charge on any atom is -0.276 e. The average Bonchev–Trinajstić information content (AvgIpc) is 2.60. The van der Waals surface area contributed by atoms with Crippen LogP contribution in [0.25, 0.3) is 10.9 Å². The van der Waals surface area contributed by atoms with Gasteiger partial charge in [0.25, 0.3) is 0 Å². The highest BCUT2D eigenvalue weighted by atomic mass is 16.1. The zero-order chi connectivity index (χ0) is 9.26. The van der Waals surface area contributed by atoms with Crippen LogP contribution in [0.4, 0.5) is 0 Å². The minimum atomic E-state index is 0.533. The van der Waals surface area contributed by atoms with Gasteiger partial charge in [0.05, 0.1) is 23.3 Å². The lowest BCUT2D eigenvalue weighted by molar-refractivity contribution is 0.542. The molecule has 0 aliphatic rings. The first-order valence-corrected chi connectivity index (χ1v) is 3.68. The van der Waals surface area contributed by atoms with Gasteiger partial charge in [-0.15, -0.1) is 0 Å². The van der Waals surface area contributed by atoms with E-state index >= 15 is 0 Å². The number of hydrogen-bond acceptors (Lipinski definition) is 3. The molecule has 0 amide bonds. The van der Waals surface area contributed by atoms with Crippen LogP contribution < -0.4 is 0 Å². The van der Waals surface area contributed by atoms with E-state index in [2.05, 4.69) is 5.10 Å². The molecule has 1 heterocycles. The maximum atomic E-state index is 10.5. The molecule has 0 atom stereocenters. The number of carbonyl (C=O) groups is 1. The summed E-state index contributed by atoms with van der Waals surface area (Å²) in [6.07, 6.45) is 2.13. The molecule has 2 aromatic rings. The second kappa shape index (κ2) is 2.72. The molecule has 1 aromatic carbocycles. The summed E-state index contributed by atoms with van der Waals surface area (Å²) in [5, 5.41) is 13.3. The molecule has 13 heavy (non-hydrogen) atoms. The van der Waals surface area contributed by atoms with Gasteiger partial charge in [0.15, 0.2) is 0 Å². The SMILES string of the molecule is N#Cc1cccc2c1cnn2C=O. The Morgan fingerprint density at radius 3 is 3.08 bits per heavy atom. The summed E-state index contributed by atoms with van der Waals surface area (Å²) >= 11 is 0. The van der Waals surface area contributed by atoms with Crippen LogP contribution in [0.1, 0.15) is 5.56 Å². The van der Waals surface area contributed by atoms with Gasteiger partial charge in [-0.2, -0.15) is 10.4 Å². The van der Waals surface area contributed by atoms with Crippen LogP contribution in [-0.4, -0.2) is 16.2 Å². The lowest BCUT2D eigenvalue weighted by Gasteiger charge is -1.92. The zero-order valence-corrected chi connectivity index (χ0v) is 6.64. The third kappa shape index (κ3) is 0.983. The van der Waals surface area contributed by atoms with E-state index in [4.69, 9.17) is 5.26 Å². The summed E-state index contributed by atoms with van der Waals surface area (Å²) in [7, 11) is 0. The van der Waals surface area contributed by atoms with Crippen molar-refractivity contribution in [3.8, 4) is 6.07 Å². The summed E-state index contributed by atoms with van der Waals surface area (Å²) in [5.74, 6) is 0. The third-order valence-corrected chi connectivity index (χ3v) is 1.86. The molecule has 4 heteroatoms. The molecule has 0 aliphatic heterocycles. The molecule has 2 rings (SSSR count). The number of carbonyl (C=O) groups excluding carboxylic acids is 1. The normalized spacial score (nSPS) is 9.77. The topological polar surface area (TPSA) is 58.7 Å². The van der Waals surface area contributed by atoms with Crippen molar-refractivity contribution in [2.24, 2.45) is 0 Å². The molecule has 0 bridgehead atoms. The lowest BCUT2D eigenvalue weighted by Crippen LogP contribution is -1.95. The van der Waals surface area contributed by atoms with Crippen LogP contribution in [0.5, 0.6) is 0 Å². The molecule has 1 aromatic heterocycles. The minimum absolute atomic E-state index is 0.533. The van der Waals surface area contributed by atoms with Crippen molar-refractivity contribution in [3.63, 3.8) is 0 Å². The van der Waals surface area contributed by atoms with Crippen molar-refractivity contribution in [3.05, 3.63) is 30.0 Å². The van der Waals surface area contributed by atoms with Crippen LogP contribution in [0, 0.1) is 11.3 Å². The highest BCUT2D eigenvalue weighted by Gasteiger charge is 2.04. The monoisotopic (exact) mass is 171 g/mol. The van der Waals surface area contributed by atoms with Gasteiger partial charge in [-0.05, 0) is 12.1 Å². The predicted octanol–water partition coefficient (Wildman–Crippen LogP) is 0.946. The maximum absolute atomic E-state index is 10.5. The summed E-state index contributed by atoms with van der Waals surface area (Å²) in [6.45, 7) is 0. The molecule has 62 valence electrons. The van der Waals surface area contributed by atoms with Gasteiger partial charge in [0.1, 0.15) is 0 Å². The van der Waals surface area contributed by atoms with Gasteiger partial charge in [0.2, 0.25) is 6.41 Å². The smallest absolute Gasteiger partial charge is 0.234 e. The Morgan fingerprint density at radius 1 is 1.54 bits per heavy atom. The van der Waals surface area contributed by atoms with E-state index in [1.165, 1.54) is 10.9 Å². The third-order valence-electron chi connectivity index (χ3n) is 1.86. The molecule has 4 nitrogen and oxygen atoms in total. The Labute approximate surface area is 74.0 Å². The molecular weight excluding hydrogens is 166 g/mol. The number of rotatable bonds is 1. The van der Waals surface area contributed by atoms with Crippen LogP contribution in [-0.2, 0) is 4.79 Å². The number of benzene rings is 1. The molecule has 0 spiro atoms. The first-order valence-electron chi connectivity index (χ1n) is 3.68. The second-order valence-corrected chi connectivity index (χ2v) is 2.54. The Kier molecular flexibility index (Phi) is 1.57. The molecule has 0 saturated heterocycles. The number of fused-ring (bicyclic) bond motifs is 1. The average molecular weight is 171 g/mol. The van der Waals surface area contributed by atoms with Gasteiger partial charge in [0, 0.05) is 5.39 Å². The maximum Gasteiger partial charge on any atom is 0.234 e. The summed E-state index contributed by atoms with van der Waals surface area (Å²) in [6, 6.07) is 7.20. The fraction of sp³-hybridized carbons (Fsp3) is 0. The molecule has 0 unspecified atom stereocenters. The lowest BCUT2D eigenvalue weighted by atomic mass is 10.1. The summed E-state index contributed by atoms with van der Waals surface area (Å²) < 4.78 is 1.20. The van der Waals surface area contributed by atoms with Gasteiger partial charge < -0.3 is 0 Å². The molecule has 0 radical (unpaired) electrons. The van der Waals surface area contributed by atoms with Crippen molar-refractivity contribution in [2.75, 3.05) is 0 Å². The van der Waals surface area contributed by atoms with Crippen molar-refractivity contribution in [1.82, 2.24) is 9.78 Å². The largest absolute Gasteiger partial charge is 0.276 e. The van der Waals surface area contributed by atoms with Crippen LogP contribution in [0.3, 0.4) is 0 Å². The zero-order valence-electron chi connectivity index (χ0n) is 6.64. The van der Waals surface area contributed by atoms with E-state index in [1.807, 2.05) is 6.07 Å². The molecule has 0 aliphatic carbocycles. The van der Waals surface area contributed by atoms with Crippen molar-refractivity contribution in [2.45, 2.75) is 0 Å². The Balaban J connectivity index is 2.88. The van der Waals surface area contributed by atoms with Gasteiger partial charge in [-0.3, -0.25) is 4.79 Å². The second-order valence-electron chi connectivity index (χ2n) is 2.54. The van der Waals surface area contributed by atoms with E-state index < -0.39 is 0 Å². The number of nitriles is 1. The van der Waals surface area contributed by atoms with E-state index in [0.717, 1.165) is 0 Å². The Hall–Kier alpha value is -2.15. The van der Waals surface area contributed by atoms with Crippen LogP contribution >= 0.6 is 0 Å². The number of nitrogens with zero attached hydrogens (tertiary/aromatic N) is 3. The fourth-order valence-corrected chi connectivity index (χ4v) is 1.25. The van der Waals surface area contributed by atoms with E-state index in [1.54, 1.807) is 18.2 Å². The molecule has 0 N–H and O–H groups in total. The van der Waals surface area contributed by atoms with Gasteiger partial charge >= 0.3 is 0 Å². The standard InChI is InChI=1S/C9H5N3O/c10-4-7-2-1-3-9-8(7)5-11-12(9)6-13/h1-3,5-6H. The van der Waals surface area contributed by atoms with Crippen LogP contribution in [0.2, 0.25) is 0 Å². The highest BCUT2D eigenvalue weighted by Crippen LogP contribution is 2.16. The molecule has 0 fully saturated rings. The van der Waals surface area contributed by atoms with E-state index in [0.29, 0.717) is 22.9 Å². The number of aromatic nitrogens is 2. The van der Waals surface area contributed by atoms with Crippen molar-refractivity contribution < 1.29 is 4.79 Å². The molecular formula is C9H5N3O.